The molecule has 0 saturated heterocycles. The Balaban J connectivity index is 2.04. The minimum Gasteiger partial charge on any atom is -0.469 e. The van der Waals surface area contributed by atoms with E-state index in [1.807, 2.05) is 12.1 Å². The van der Waals surface area contributed by atoms with Gasteiger partial charge < -0.3 is 4.74 Å². The first kappa shape index (κ1) is 9.03. The van der Waals surface area contributed by atoms with Gasteiger partial charge in [-0.25, -0.2) is 0 Å². The summed E-state index contributed by atoms with van der Waals surface area (Å²) in [4.78, 5) is 12.3. The summed E-state index contributed by atoms with van der Waals surface area (Å²) in [5, 5.41) is 0. The van der Waals surface area contributed by atoms with Crippen LogP contribution in [0.5, 0.6) is 0 Å². The van der Waals surface area contributed by atoms with Gasteiger partial charge in [0.15, 0.2) is 0 Å². The quantitative estimate of drug-likeness (QED) is 0.711. The summed E-state index contributed by atoms with van der Waals surface area (Å²) >= 11 is 7.34. The van der Waals surface area contributed by atoms with Crippen molar-refractivity contribution in [2.45, 2.75) is 12.3 Å². The minimum atomic E-state index is -0.102. The van der Waals surface area contributed by atoms with Crippen LogP contribution in [-0.4, -0.2) is 13.1 Å². The highest BCUT2D eigenvalue weighted by Gasteiger charge is 2.45. The molecule has 0 bridgehead atoms. The number of methoxy groups -OCH3 is 1. The fourth-order valence-corrected chi connectivity index (χ4v) is 2.69. The van der Waals surface area contributed by atoms with Crippen molar-refractivity contribution in [2.75, 3.05) is 7.11 Å². The van der Waals surface area contributed by atoms with Crippen LogP contribution in [0.2, 0.25) is 4.34 Å². The highest BCUT2D eigenvalue weighted by atomic mass is 35.5. The molecule has 4 heteroatoms. The molecule has 1 aliphatic carbocycles. The molecule has 1 aromatic heterocycles. The van der Waals surface area contributed by atoms with E-state index in [-0.39, 0.29) is 11.9 Å². The molecule has 0 aromatic carbocycles. The van der Waals surface area contributed by atoms with Gasteiger partial charge in [-0.2, -0.15) is 0 Å². The highest BCUT2D eigenvalue weighted by molar-refractivity contribution is 7.16. The predicted molar refractivity (Wildman–Crippen MR) is 52.2 cm³/mol. The Labute approximate surface area is 85.5 Å². The molecule has 1 aliphatic rings. The topological polar surface area (TPSA) is 26.3 Å². The zero-order valence-corrected chi connectivity index (χ0v) is 8.69. The van der Waals surface area contributed by atoms with Gasteiger partial charge in [0.2, 0.25) is 0 Å². The van der Waals surface area contributed by atoms with Crippen molar-refractivity contribution in [1.29, 1.82) is 0 Å². The first-order valence-corrected chi connectivity index (χ1v) is 5.25. The molecule has 0 N–H and O–H groups in total. The summed E-state index contributed by atoms with van der Waals surface area (Å²) in [6, 6.07) is 3.86. The summed E-state index contributed by atoms with van der Waals surface area (Å²) in [5.41, 5.74) is 0. The molecule has 2 nitrogen and oxygen atoms in total. The first-order valence-electron chi connectivity index (χ1n) is 4.05. The Kier molecular flexibility index (Phi) is 2.30. The average Bonchev–Trinajstić information content (AvgIpc) is 2.82. The van der Waals surface area contributed by atoms with Crippen LogP contribution in [0.1, 0.15) is 17.2 Å². The minimum absolute atomic E-state index is 0.0692. The maximum atomic E-state index is 11.1. The number of ether oxygens (including phenoxy) is 1. The van der Waals surface area contributed by atoms with Gasteiger partial charge in [0.1, 0.15) is 0 Å². The molecule has 1 heterocycles. The van der Waals surface area contributed by atoms with Crippen LogP contribution < -0.4 is 0 Å². The van der Waals surface area contributed by atoms with E-state index in [9.17, 15) is 4.79 Å². The average molecular weight is 217 g/mol. The highest BCUT2D eigenvalue weighted by Crippen LogP contribution is 2.50. The summed E-state index contributed by atoms with van der Waals surface area (Å²) in [7, 11) is 1.43. The molecule has 0 unspecified atom stereocenters. The fraction of sp³-hybridized carbons (Fsp3) is 0.444. The summed E-state index contributed by atoms with van der Waals surface area (Å²) in [6.07, 6.45) is 0.906. The molecule has 1 saturated carbocycles. The second kappa shape index (κ2) is 3.31. The Hall–Kier alpha value is -0.540. The van der Waals surface area contributed by atoms with Crippen molar-refractivity contribution in [3.05, 3.63) is 21.3 Å². The zero-order valence-electron chi connectivity index (χ0n) is 7.12. The normalized spacial score (nSPS) is 25.7. The van der Waals surface area contributed by atoms with Crippen molar-refractivity contribution < 1.29 is 9.53 Å². The molecule has 2 rings (SSSR count). The molecule has 1 aromatic rings. The SMILES string of the molecule is COC(=O)[C@@H]1C[C@H]1c1ccc(Cl)s1. The molecule has 1 fully saturated rings. The second-order valence-electron chi connectivity index (χ2n) is 3.11. The Morgan fingerprint density at radius 3 is 3.00 bits per heavy atom. The lowest BCUT2D eigenvalue weighted by Crippen LogP contribution is -2.03. The largest absolute Gasteiger partial charge is 0.469 e. The maximum absolute atomic E-state index is 11.1. The van der Waals surface area contributed by atoms with E-state index in [2.05, 4.69) is 4.74 Å². The number of carbonyl (C=O) groups excluding carboxylic acids is 1. The van der Waals surface area contributed by atoms with Crippen LogP contribution >= 0.6 is 22.9 Å². The van der Waals surface area contributed by atoms with Gasteiger partial charge in [0.25, 0.3) is 0 Å². The van der Waals surface area contributed by atoms with Gasteiger partial charge in [-0.15, -0.1) is 11.3 Å². The summed E-state index contributed by atoms with van der Waals surface area (Å²) < 4.78 is 5.45. The lowest BCUT2D eigenvalue weighted by Gasteiger charge is -1.95. The molecule has 13 heavy (non-hydrogen) atoms. The van der Waals surface area contributed by atoms with Gasteiger partial charge in [-0.1, -0.05) is 11.6 Å². The maximum Gasteiger partial charge on any atom is 0.309 e. The Bertz CT molecular complexity index is 334. The molecule has 70 valence electrons. The van der Waals surface area contributed by atoms with Gasteiger partial charge in [-0.3, -0.25) is 4.79 Å². The Morgan fingerprint density at radius 1 is 1.69 bits per heavy atom. The number of thiophene rings is 1. The van der Waals surface area contributed by atoms with Crippen molar-refractivity contribution >= 4 is 28.9 Å². The van der Waals surface area contributed by atoms with E-state index >= 15 is 0 Å². The monoisotopic (exact) mass is 216 g/mol. The Morgan fingerprint density at radius 2 is 2.46 bits per heavy atom. The lowest BCUT2D eigenvalue weighted by atomic mass is 10.3. The van der Waals surface area contributed by atoms with Crippen LogP contribution in [0.4, 0.5) is 0 Å². The molecule has 2 atom stereocenters. The van der Waals surface area contributed by atoms with E-state index in [4.69, 9.17) is 11.6 Å². The number of esters is 1. The summed E-state index contributed by atoms with van der Waals surface area (Å²) in [6.45, 7) is 0. The first-order chi connectivity index (χ1) is 6.22. The van der Waals surface area contributed by atoms with Crippen molar-refractivity contribution in [3.8, 4) is 0 Å². The molecule has 0 amide bonds. The smallest absolute Gasteiger partial charge is 0.309 e. The number of rotatable bonds is 2. The molecular weight excluding hydrogens is 208 g/mol. The third kappa shape index (κ3) is 1.71. The lowest BCUT2D eigenvalue weighted by molar-refractivity contribution is -0.142. The number of hydrogen-bond acceptors (Lipinski definition) is 3. The van der Waals surface area contributed by atoms with Crippen molar-refractivity contribution in [1.82, 2.24) is 0 Å². The van der Waals surface area contributed by atoms with E-state index in [1.54, 1.807) is 11.3 Å². The number of halogens is 1. The van der Waals surface area contributed by atoms with Crippen LogP contribution in [0.25, 0.3) is 0 Å². The molecular formula is C9H9ClO2S. The fourth-order valence-electron chi connectivity index (χ4n) is 1.45. The predicted octanol–water partition coefficient (Wildman–Crippen LogP) is 2.68. The zero-order chi connectivity index (χ0) is 9.42. The molecule has 0 aliphatic heterocycles. The third-order valence-corrected chi connectivity index (χ3v) is 3.62. The molecule has 0 spiro atoms. The number of carbonyl (C=O) groups is 1. The van der Waals surface area contributed by atoms with Gasteiger partial charge in [-0.05, 0) is 18.6 Å². The van der Waals surface area contributed by atoms with Crippen molar-refractivity contribution in [2.24, 2.45) is 5.92 Å². The van der Waals surface area contributed by atoms with Gasteiger partial charge >= 0.3 is 5.97 Å². The van der Waals surface area contributed by atoms with Crippen LogP contribution in [0.3, 0.4) is 0 Å². The summed E-state index contributed by atoms with van der Waals surface area (Å²) in [5.74, 6) is 0.319. The van der Waals surface area contributed by atoms with E-state index < -0.39 is 0 Å². The number of hydrogen-bond donors (Lipinski definition) is 0. The van der Waals surface area contributed by atoms with Gasteiger partial charge in [0.05, 0.1) is 17.4 Å². The van der Waals surface area contributed by atoms with E-state index in [0.29, 0.717) is 5.92 Å². The molecule has 0 radical (unpaired) electrons. The van der Waals surface area contributed by atoms with Crippen LogP contribution in [0.15, 0.2) is 12.1 Å². The van der Waals surface area contributed by atoms with Crippen molar-refractivity contribution in [3.63, 3.8) is 0 Å². The van der Waals surface area contributed by atoms with Crippen LogP contribution in [-0.2, 0) is 9.53 Å². The third-order valence-electron chi connectivity index (χ3n) is 2.25. The van der Waals surface area contributed by atoms with Gasteiger partial charge in [0, 0.05) is 10.8 Å². The standard InChI is InChI=1S/C9H9ClO2S/c1-12-9(11)6-4-5(6)7-2-3-8(10)13-7/h2-3,5-6H,4H2,1H3/t5-,6-/m1/s1. The van der Waals surface area contributed by atoms with E-state index in [0.717, 1.165) is 10.8 Å². The second-order valence-corrected chi connectivity index (χ2v) is 4.86. The van der Waals surface area contributed by atoms with Crippen LogP contribution in [0, 0.1) is 5.92 Å². The van der Waals surface area contributed by atoms with E-state index in [1.165, 1.54) is 12.0 Å².